The van der Waals surface area contributed by atoms with Crippen molar-refractivity contribution >= 4 is 16.9 Å². The Balaban J connectivity index is 2.15. The van der Waals surface area contributed by atoms with E-state index in [1.165, 1.54) is 10.9 Å². The van der Waals surface area contributed by atoms with Crippen molar-refractivity contribution in [3.05, 3.63) is 53.5 Å². The topological polar surface area (TPSA) is 56.7 Å². The van der Waals surface area contributed by atoms with E-state index in [0.29, 0.717) is 5.95 Å². The number of anilines is 1. The summed E-state index contributed by atoms with van der Waals surface area (Å²) < 4.78 is 2.02. The van der Waals surface area contributed by atoms with E-state index in [1.807, 2.05) is 36.6 Å². The Morgan fingerprint density at radius 1 is 1.21 bits per heavy atom. The summed E-state index contributed by atoms with van der Waals surface area (Å²) in [5.41, 5.74) is 10.2. The monoisotopic (exact) mass is 252 g/mol. The highest BCUT2D eigenvalue weighted by atomic mass is 15.1. The molecule has 4 nitrogen and oxygen atoms in total. The standard InChI is InChI=1S/C15H16N4/c1-10-7-12(9-19-11(2)8-17-15(19)16)13-5-3-4-6-14(13)18-10/h3-8H,9H2,1-2H3,(H2,16,17). The van der Waals surface area contributed by atoms with E-state index in [2.05, 4.69) is 22.1 Å². The molecule has 0 saturated carbocycles. The molecule has 0 aliphatic heterocycles. The fourth-order valence-electron chi connectivity index (χ4n) is 2.38. The maximum atomic E-state index is 5.91. The number of nitrogens with zero attached hydrogens (tertiary/aromatic N) is 3. The molecule has 3 rings (SSSR count). The van der Waals surface area contributed by atoms with Gasteiger partial charge in [-0.3, -0.25) is 4.98 Å². The Bertz CT molecular complexity index is 723. The molecular formula is C15H16N4. The molecule has 1 aromatic carbocycles. The van der Waals surface area contributed by atoms with E-state index in [-0.39, 0.29) is 0 Å². The van der Waals surface area contributed by atoms with Crippen molar-refractivity contribution in [3.8, 4) is 0 Å². The van der Waals surface area contributed by atoms with Crippen LogP contribution in [0.2, 0.25) is 0 Å². The van der Waals surface area contributed by atoms with E-state index in [9.17, 15) is 0 Å². The zero-order valence-corrected chi connectivity index (χ0v) is 11.1. The molecule has 0 atom stereocenters. The van der Waals surface area contributed by atoms with Gasteiger partial charge in [0.15, 0.2) is 0 Å². The number of pyridine rings is 1. The fraction of sp³-hybridized carbons (Fsp3) is 0.200. The number of aromatic nitrogens is 3. The average Bonchev–Trinajstić information content (AvgIpc) is 2.70. The lowest BCUT2D eigenvalue weighted by molar-refractivity contribution is 0.786. The normalized spacial score (nSPS) is 11.1. The Labute approximate surface area is 111 Å². The number of hydrogen-bond donors (Lipinski definition) is 1. The van der Waals surface area contributed by atoms with Gasteiger partial charge in [-0.25, -0.2) is 4.98 Å². The number of aryl methyl sites for hydroxylation is 2. The van der Waals surface area contributed by atoms with Crippen LogP contribution in [0.4, 0.5) is 5.95 Å². The van der Waals surface area contributed by atoms with E-state index in [0.717, 1.165) is 23.4 Å². The second-order valence-electron chi connectivity index (χ2n) is 4.78. The summed E-state index contributed by atoms with van der Waals surface area (Å²) in [7, 11) is 0. The lowest BCUT2D eigenvalue weighted by Crippen LogP contribution is -2.07. The van der Waals surface area contributed by atoms with E-state index in [1.54, 1.807) is 6.20 Å². The minimum Gasteiger partial charge on any atom is -0.369 e. The van der Waals surface area contributed by atoms with Crippen LogP contribution in [0.25, 0.3) is 10.9 Å². The first kappa shape index (κ1) is 11.7. The number of imidazole rings is 1. The molecule has 4 heteroatoms. The molecule has 96 valence electrons. The van der Waals surface area contributed by atoms with Gasteiger partial charge in [-0.05, 0) is 31.5 Å². The van der Waals surface area contributed by atoms with Crippen LogP contribution in [0.5, 0.6) is 0 Å². The highest BCUT2D eigenvalue weighted by Gasteiger charge is 2.08. The van der Waals surface area contributed by atoms with Crippen molar-refractivity contribution in [1.29, 1.82) is 0 Å². The first-order valence-electron chi connectivity index (χ1n) is 6.28. The molecule has 0 aliphatic rings. The predicted molar refractivity (Wildman–Crippen MR) is 77.0 cm³/mol. The van der Waals surface area contributed by atoms with E-state index < -0.39 is 0 Å². The van der Waals surface area contributed by atoms with Crippen molar-refractivity contribution in [2.24, 2.45) is 0 Å². The SMILES string of the molecule is Cc1cc(Cn2c(C)cnc2N)c2ccccc2n1. The summed E-state index contributed by atoms with van der Waals surface area (Å²) in [5.74, 6) is 0.552. The van der Waals surface area contributed by atoms with Gasteiger partial charge in [0.2, 0.25) is 5.95 Å². The predicted octanol–water partition coefficient (Wildman–Crippen LogP) is 2.68. The quantitative estimate of drug-likeness (QED) is 0.763. The van der Waals surface area contributed by atoms with Crippen LogP contribution in [0.15, 0.2) is 36.5 Å². The smallest absolute Gasteiger partial charge is 0.200 e. The van der Waals surface area contributed by atoms with Crippen LogP contribution in [-0.2, 0) is 6.54 Å². The van der Waals surface area contributed by atoms with Gasteiger partial charge in [-0.2, -0.15) is 0 Å². The van der Waals surface area contributed by atoms with E-state index >= 15 is 0 Å². The summed E-state index contributed by atoms with van der Waals surface area (Å²) in [5, 5.41) is 1.17. The maximum Gasteiger partial charge on any atom is 0.200 e. The summed E-state index contributed by atoms with van der Waals surface area (Å²) in [6.07, 6.45) is 1.80. The Morgan fingerprint density at radius 2 is 2.00 bits per heavy atom. The first-order valence-corrected chi connectivity index (χ1v) is 6.28. The molecular weight excluding hydrogens is 236 g/mol. The third-order valence-corrected chi connectivity index (χ3v) is 3.34. The van der Waals surface area contributed by atoms with Gasteiger partial charge in [-0.1, -0.05) is 18.2 Å². The number of rotatable bonds is 2. The molecule has 0 amide bonds. The van der Waals surface area contributed by atoms with Gasteiger partial charge < -0.3 is 10.3 Å². The van der Waals surface area contributed by atoms with Crippen LogP contribution in [0.3, 0.4) is 0 Å². The molecule has 2 aromatic heterocycles. The van der Waals surface area contributed by atoms with Gasteiger partial charge in [0.25, 0.3) is 0 Å². The van der Waals surface area contributed by atoms with Crippen LogP contribution < -0.4 is 5.73 Å². The molecule has 0 radical (unpaired) electrons. The van der Waals surface area contributed by atoms with Crippen molar-refractivity contribution < 1.29 is 0 Å². The molecule has 0 saturated heterocycles. The Kier molecular flexibility index (Phi) is 2.71. The second kappa shape index (κ2) is 4.39. The second-order valence-corrected chi connectivity index (χ2v) is 4.78. The van der Waals surface area contributed by atoms with Crippen LogP contribution in [0.1, 0.15) is 17.0 Å². The van der Waals surface area contributed by atoms with Crippen molar-refractivity contribution in [2.75, 3.05) is 5.73 Å². The molecule has 0 spiro atoms. The summed E-state index contributed by atoms with van der Waals surface area (Å²) in [6, 6.07) is 10.3. The summed E-state index contributed by atoms with van der Waals surface area (Å²) in [6.45, 7) is 4.75. The molecule has 0 bridgehead atoms. The largest absolute Gasteiger partial charge is 0.369 e. The molecule has 0 aliphatic carbocycles. The number of para-hydroxylation sites is 1. The minimum absolute atomic E-state index is 0.552. The van der Waals surface area contributed by atoms with Gasteiger partial charge >= 0.3 is 0 Å². The van der Waals surface area contributed by atoms with Crippen LogP contribution in [0, 0.1) is 13.8 Å². The maximum absolute atomic E-state index is 5.91. The number of nitrogens with two attached hydrogens (primary N) is 1. The fourth-order valence-corrected chi connectivity index (χ4v) is 2.38. The molecule has 0 unspecified atom stereocenters. The third kappa shape index (κ3) is 2.05. The zero-order chi connectivity index (χ0) is 13.4. The molecule has 19 heavy (non-hydrogen) atoms. The highest BCUT2D eigenvalue weighted by Crippen LogP contribution is 2.20. The van der Waals surface area contributed by atoms with Crippen molar-refractivity contribution in [1.82, 2.24) is 14.5 Å². The summed E-state index contributed by atoms with van der Waals surface area (Å²) >= 11 is 0. The molecule has 2 N–H and O–H groups in total. The van der Waals surface area contributed by atoms with Crippen molar-refractivity contribution in [2.45, 2.75) is 20.4 Å². The number of benzene rings is 1. The van der Waals surface area contributed by atoms with Gasteiger partial charge in [-0.15, -0.1) is 0 Å². The Morgan fingerprint density at radius 3 is 2.74 bits per heavy atom. The first-order chi connectivity index (χ1) is 9.15. The lowest BCUT2D eigenvalue weighted by Gasteiger charge is -2.11. The van der Waals surface area contributed by atoms with Crippen molar-refractivity contribution in [3.63, 3.8) is 0 Å². The summed E-state index contributed by atoms with van der Waals surface area (Å²) in [4.78, 5) is 8.69. The number of fused-ring (bicyclic) bond motifs is 1. The van der Waals surface area contributed by atoms with E-state index in [4.69, 9.17) is 5.73 Å². The Hall–Kier alpha value is -2.36. The van der Waals surface area contributed by atoms with Crippen LogP contribution in [-0.4, -0.2) is 14.5 Å². The zero-order valence-electron chi connectivity index (χ0n) is 11.1. The van der Waals surface area contributed by atoms with Crippen LogP contribution >= 0.6 is 0 Å². The highest BCUT2D eigenvalue weighted by molar-refractivity contribution is 5.82. The molecule has 3 aromatic rings. The van der Waals surface area contributed by atoms with Gasteiger partial charge in [0.1, 0.15) is 0 Å². The molecule has 2 heterocycles. The average molecular weight is 252 g/mol. The number of nitrogen functional groups attached to an aromatic ring is 1. The van der Waals surface area contributed by atoms with Gasteiger partial charge in [0.05, 0.1) is 18.3 Å². The molecule has 0 fully saturated rings. The third-order valence-electron chi connectivity index (χ3n) is 3.34. The lowest BCUT2D eigenvalue weighted by atomic mass is 10.1. The minimum atomic E-state index is 0.552. The van der Waals surface area contributed by atoms with Gasteiger partial charge in [0, 0.05) is 16.8 Å². The number of hydrogen-bond acceptors (Lipinski definition) is 3.